The van der Waals surface area contributed by atoms with Crippen LogP contribution in [0, 0.1) is 6.92 Å². The summed E-state index contributed by atoms with van der Waals surface area (Å²) in [4.78, 5) is 0. The standard InChI is InChI=1S/C15H17ClF2N4OS/c1-10-11(16)9-22(21-10)8-4-7-19-15(24)20-12-5-2-3-6-13(12)23-14(17)18/h2-3,5-6,9,14H,4,7-8H2,1H3,(H2,19,20,24). The minimum absolute atomic E-state index is 0.0401. The highest BCUT2D eigenvalue weighted by Gasteiger charge is 2.09. The first-order valence-corrected chi connectivity index (χ1v) is 8.02. The van der Waals surface area contributed by atoms with Crippen LogP contribution in [0.2, 0.25) is 5.02 Å². The van der Waals surface area contributed by atoms with E-state index in [4.69, 9.17) is 23.8 Å². The number of benzene rings is 1. The highest BCUT2D eigenvalue weighted by Crippen LogP contribution is 2.25. The molecule has 5 nitrogen and oxygen atoms in total. The van der Waals surface area contributed by atoms with E-state index in [0.717, 1.165) is 12.1 Å². The highest BCUT2D eigenvalue weighted by molar-refractivity contribution is 7.80. The Bertz CT molecular complexity index is 676. The molecule has 24 heavy (non-hydrogen) atoms. The van der Waals surface area contributed by atoms with Crippen LogP contribution in [-0.4, -0.2) is 28.0 Å². The summed E-state index contributed by atoms with van der Waals surface area (Å²) in [5.41, 5.74) is 1.17. The number of hydrogen-bond acceptors (Lipinski definition) is 3. The maximum Gasteiger partial charge on any atom is 0.387 e. The molecule has 0 spiro atoms. The molecule has 0 aliphatic heterocycles. The van der Waals surface area contributed by atoms with Crippen LogP contribution in [0.4, 0.5) is 14.5 Å². The van der Waals surface area contributed by atoms with Gasteiger partial charge < -0.3 is 15.4 Å². The van der Waals surface area contributed by atoms with E-state index in [1.54, 1.807) is 29.1 Å². The molecule has 0 saturated carbocycles. The van der Waals surface area contributed by atoms with Crippen molar-refractivity contribution in [1.29, 1.82) is 0 Å². The quantitative estimate of drug-likeness (QED) is 0.570. The van der Waals surface area contributed by atoms with E-state index in [2.05, 4.69) is 20.5 Å². The average molecular weight is 375 g/mol. The summed E-state index contributed by atoms with van der Waals surface area (Å²) in [6, 6.07) is 6.37. The summed E-state index contributed by atoms with van der Waals surface area (Å²) in [6.45, 7) is 0.239. The van der Waals surface area contributed by atoms with Gasteiger partial charge in [-0.1, -0.05) is 23.7 Å². The normalized spacial score (nSPS) is 10.7. The average Bonchev–Trinajstić information content (AvgIpc) is 2.84. The van der Waals surface area contributed by atoms with Gasteiger partial charge in [0.1, 0.15) is 5.75 Å². The first-order valence-electron chi connectivity index (χ1n) is 7.24. The number of aryl methyl sites for hydroxylation is 2. The molecule has 0 radical (unpaired) electrons. The Morgan fingerprint density at radius 2 is 2.17 bits per heavy atom. The Morgan fingerprint density at radius 1 is 1.42 bits per heavy atom. The van der Waals surface area contributed by atoms with E-state index in [-0.39, 0.29) is 5.75 Å². The Kier molecular flexibility index (Phi) is 6.74. The predicted molar refractivity (Wildman–Crippen MR) is 93.9 cm³/mol. The van der Waals surface area contributed by atoms with Crippen molar-refractivity contribution in [3.05, 3.63) is 41.2 Å². The summed E-state index contributed by atoms with van der Waals surface area (Å²) in [5.74, 6) is 0.0401. The molecule has 2 aromatic rings. The minimum atomic E-state index is -2.89. The maximum atomic E-state index is 12.4. The number of nitrogens with zero attached hydrogens (tertiary/aromatic N) is 2. The van der Waals surface area contributed by atoms with Gasteiger partial charge in [-0.3, -0.25) is 4.68 Å². The van der Waals surface area contributed by atoms with E-state index in [9.17, 15) is 8.78 Å². The lowest BCUT2D eigenvalue weighted by Crippen LogP contribution is -2.30. The zero-order valence-electron chi connectivity index (χ0n) is 12.9. The molecule has 130 valence electrons. The van der Waals surface area contributed by atoms with Gasteiger partial charge in [0.2, 0.25) is 0 Å². The fourth-order valence-corrected chi connectivity index (χ4v) is 2.35. The van der Waals surface area contributed by atoms with Gasteiger partial charge in [-0.25, -0.2) is 0 Å². The predicted octanol–water partition coefficient (Wildman–Crippen LogP) is 3.82. The third-order valence-electron chi connectivity index (χ3n) is 3.09. The number of aromatic nitrogens is 2. The number of thiocarbonyl (C=S) groups is 1. The van der Waals surface area contributed by atoms with Crippen LogP contribution in [0.25, 0.3) is 0 Å². The van der Waals surface area contributed by atoms with Crippen molar-refractivity contribution >= 4 is 34.6 Å². The molecule has 0 fully saturated rings. The zero-order valence-corrected chi connectivity index (χ0v) is 14.5. The van der Waals surface area contributed by atoms with Gasteiger partial charge >= 0.3 is 6.61 Å². The highest BCUT2D eigenvalue weighted by atomic mass is 35.5. The van der Waals surface area contributed by atoms with Gasteiger partial charge in [-0.2, -0.15) is 13.9 Å². The molecule has 2 rings (SSSR count). The second-order valence-electron chi connectivity index (χ2n) is 4.93. The molecular weight excluding hydrogens is 358 g/mol. The van der Waals surface area contributed by atoms with E-state index in [0.29, 0.717) is 28.9 Å². The van der Waals surface area contributed by atoms with Gasteiger partial charge in [0.25, 0.3) is 0 Å². The van der Waals surface area contributed by atoms with Crippen LogP contribution >= 0.6 is 23.8 Å². The fraction of sp³-hybridized carbons (Fsp3) is 0.333. The lowest BCUT2D eigenvalue weighted by molar-refractivity contribution is -0.0493. The van der Waals surface area contributed by atoms with E-state index in [1.807, 2.05) is 6.92 Å². The lowest BCUT2D eigenvalue weighted by Gasteiger charge is -2.14. The van der Waals surface area contributed by atoms with Crippen molar-refractivity contribution < 1.29 is 13.5 Å². The summed E-state index contributed by atoms with van der Waals surface area (Å²) in [5, 5.41) is 11.1. The molecule has 2 N–H and O–H groups in total. The third kappa shape index (κ3) is 5.61. The summed E-state index contributed by atoms with van der Waals surface area (Å²) in [7, 11) is 0. The molecule has 0 aliphatic rings. The molecule has 1 heterocycles. The smallest absolute Gasteiger partial charge is 0.387 e. The number of para-hydroxylation sites is 2. The zero-order chi connectivity index (χ0) is 17.5. The molecule has 0 aliphatic carbocycles. The van der Waals surface area contributed by atoms with Crippen LogP contribution in [0.3, 0.4) is 0 Å². The van der Waals surface area contributed by atoms with Gasteiger partial charge in [0.15, 0.2) is 5.11 Å². The number of nitrogens with one attached hydrogen (secondary N) is 2. The van der Waals surface area contributed by atoms with Gasteiger partial charge in [-0.05, 0) is 37.7 Å². The molecule has 0 bridgehead atoms. The Hall–Kier alpha value is -1.93. The summed E-state index contributed by atoms with van der Waals surface area (Å²) < 4.78 is 30.9. The van der Waals surface area contributed by atoms with Crippen molar-refractivity contribution in [2.24, 2.45) is 0 Å². The van der Waals surface area contributed by atoms with Crippen molar-refractivity contribution in [3.8, 4) is 5.75 Å². The molecule has 9 heteroatoms. The number of anilines is 1. The van der Waals surface area contributed by atoms with Gasteiger partial charge in [0, 0.05) is 19.3 Å². The number of hydrogen-bond donors (Lipinski definition) is 2. The molecular formula is C15H17ClF2N4OS. The van der Waals surface area contributed by atoms with E-state index >= 15 is 0 Å². The van der Waals surface area contributed by atoms with Crippen LogP contribution in [0.5, 0.6) is 5.75 Å². The van der Waals surface area contributed by atoms with Crippen LogP contribution < -0.4 is 15.4 Å². The molecule has 0 saturated heterocycles. The van der Waals surface area contributed by atoms with Crippen LogP contribution in [0.1, 0.15) is 12.1 Å². The Balaban J connectivity index is 1.77. The first kappa shape index (κ1) is 18.4. The van der Waals surface area contributed by atoms with Crippen LogP contribution in [-0.2, 0) is 6.54 Å². The first-order chi connectivity index (χ1) is 11.5. The number of rotatable bonds is 7. The van der Waals surface area contributed by atoms with Crippen molar-refractivity contribution in [1.82, 2.24) is 15.1 Å². The molecule has 1 aromatic carbocycles. The fourth-order valence-electron chi connectivity index (χ4n) is 1.99. The third-order valence-corrected chi connectivity index (χ3v) is 3.70. The molecule has 1 aromatic heterocycles. The minimum Gasteiger partial charge on any atom is -0.433 e. The van der Waals surface area contributed by atoms with Crippen LogP contribution in [0.15, 0.2) is 30.5 Å². The van der Waals surface area contributed by atoms with Crippen molar-refractivity contribution in [2.45, 2.75) is 26.5 Å². The van der Waals surface area contributed by atoms with E-state index < -0.39 is 6.61 Å². The topological polar surface area (TPSA) is 51.1 Å². The van der Waals surface area contributed by atoms with Crippen molar-refractivity contribution in [2.75, 3.05) is 11.9 Å². The largest absolute Gasteiger partial charge is 0.433 e. The second kappa shape index (κ2) is 8.79. The maximum absolute atomic E-state index is 12.4. The number of halogens is 3. The van der Waals surface area contributed by atoms with Gasteiger partial charge in [-0.15, -0.1) is 0 Å². The molecule has 0 amide bonds. The van der Waals surface area contributed by atoms with Gasteiger partial charge in [0.05, 0.1) is 16.4 Å². The Labute approximate surface area is 148 Å². The van der Waals surface area contributed by atoms with Crippen molar-refractivity contribution in [3.63, 3.8) is 0 Å². The Morgan fingerprint density at radius 3 is 2.83 bits per heavy atom. The number of alkyl halides is 2. The number of ether oxygens (including phenoxy) is 1. The SMILES string of the molecule is Cc1nn(CCCNC(=S)Nc2ccccc2OC(F)F)cc1Cl. The molecule has 0 atom stereocenters. The molecule has 0 unspecified atom stereocenters. The monoisotopic (exact) mass is 374 g/mol. The summed E-state index contributed by atoms with van der Waals surface area (Å²) >= 11 is 11.1. The second-order valence-corrected chi connectivity index (χ2v) is 5.75. The van der Waals surface area contributed by atoms with E-state index in [1.165, 1.54) is 6.07 Å². The lowest BCUT2D eigenvalue weighted by atomic mass is 10.3. The summed E-state index contributed by atoms with van der Waals surface area (Å²) in [6.07, 6.45) is 2.54.